The molecule has 0 unspecified atom stereocenters. The minimum atomic E-state index is -1.63. The molecule has 0 bridgehead atoms. The molecular weight excluding hydrogens is 360 g/mol. The second kappa shape index (κ2) is 19.4. The Morgan fingerprint density at radius 1 is 0.652 bits per heavy atom. The third-order valence-corrected chi connectivity index (χ3v) is 0.862. The zero-order chi connectivity index (χ0) is 19.0. The number of carbonyl (C=O) groups excluding carboxylic acids is 6. The Morgan fingerprint density at radius 3 is 0.696 bits per heavy atom. The third-order valence-electron chi connectivity index (χ3n) is 0.862. The van der Waals surface area contributed by atoms with Crippen LogP contribution in [0.2, 0.25) is 0 Å². The van der Waals surface area contributed by atoms with Crippen molar-refractivity contribution in [2.45, 2.75) is 27.7 Å². The summed E-state index contributed by atoms with van der Waals surface area (Å²) in [6.07, 6.45) is 0. The van der Waals surface area contributed by atoms with E-state index in [1.807, 2.05) is 0 Å². The van der Waals surface area contributed by atoms with E-state index >= 15 is 0 Å². The average molecular weight is 375 g/mol. The van der Waals surface area contributed by atoms with E-state index < -0.39 is 35.3 Å². The van der Waals surface area contributed by atoms with Crippen molar-refractivity contribution in [3.8, 4) is 0 Å². The van der Waals surface area contributed by atoms with Crippen molar-refractivity contribution in [2.75, 3.05) is 0 Å². The van der Waals surface area contributed by atoms with Crippen molar-refractivity contribution < 1.29 is 61.2 Å². The quantitative estimate of drug-likeness (QED) is 0.207. The van der Waals surface area contributed by atoms with Gasteiger partial charge in [-0.05, 0) is 6.92 Å². The fourth-order valence-corrected chi connectivity index (χ4v) is 0. The van der Waals surface area contributed by atoms with Gasteiger partial charge in [0.05, 0.1) is 5.84 Å². The van der Waals surface area contributed by atoms with E-state index in [1.165, 1.54) is 6.92 Å². The molecule has 12 heteroatoms. The maximum atomic E-state index is 9.48. The van der Waals surface area contributed by atoms with Crippen molar-refractivity contribution in [3.63, 3.8) is 0 Å². The molecule has 0 atom stereocenters. The first-order chi connectivity index (χ1) is 9.66. The maximum absolute atomic E-state index is 9.48. The van der Waals surface area contributed by atoms with Gasteiger partial charge in [-0.2, -0.15) is 0 Å². The summed E-state index contributed by atoms with van der Waals surface area (Å²) in [5.41, 5.74) is 4.69. The number of aliphatic carboxylic acids is 3. The number of carboxylic acid groups (broad SMARTS) is 3. The molecule has 0 aromatic heterocycles. The van der Waals surface area contributed by atoms with Gasteiger partial charge >= 0.3 is 17.1 Å². The molecule has 0 aliphatic heterocycles. The summed E-state index contributed by atoms with van der Waals surface area (Å²) in [5, 5.41) is 34.0. The van der Waals surface area contributed by atoms with Crippen LogP contribution in [0.15, 0.2) is 0 Å². The van der Waals surface area contributed by atoms with Gasteiger partial charge in [0.1, 0.15) is 17.9 Å². The van der Waals surface area contributed by atoms with Gasteiger partial charge in [0.2, 0.25) is 0 Å². The molecular formula is C11H15FeN2O9. The van der Waals surface area contributed by atoms with Gasteiger partial charge in [0.15, 0.2) is 17.3 Å². The SMILES string of the molecule is CC(=N)N.CC(=O)C(=O)[O-].CC(=O)C(=O)[O-].CC(=O)C(=O)[O-].[Fe+3]. The van der Waals surface area contributed by atoms with Crippen LogP contribution in [0.4, 0.5) is 0 Å². The Labute approximate surface area is 141 Å². The summed E-state index contributed by atoms with van der Waals surface area (Å²) in [7, 11) is 0. The Bertz CT molecular complexity index is 363. The first-order valence-electron chi connectivity index (χ1n) is 5.13. The molecule has 0 fully saturated rings. The third kappa shape index (κ3) is 66.4. The normalized spacial score (nSPS) is 6.96. The zero-order valence-electron chi connectivity index (χ0n) is 12.6. The number of amidine groups is 1. The van der Waals surface area contributed by atoms with Gasteiger partial charge in [-0.1, -0.05) is 0 Å². The summed E-state index contributed by atoms with van der Waals surface area (Å²) >= 11 is 0. The number of carboxylic acids is 3. The first kappa shape index (κ1) is 32.4. The largest absolute Gasteiger partial charge is 3.00 e. The summed E-state index contributed by atoms with van der Waals surface area (Å²) in [6.45, 7) is 4.35. The molecule has 0 amide bonds. The number of hydrogen-bond donors (Lipinski definition) is 2. The van der Waals surface area contributed by atoms with E-state index in [9.17, 15) is 44.1 Å². The van der Waals surface area contributed by atoms with E-state index in [0.717, 1.165) is 20.8 Å². The molecule has 23 heavy (non-hydrogen) atoms. The topological polar surface area (TPSA) is 221 Å². The van der Waals surface area contributed by atoms with Crippen LogP contribution in [0.5, 0.6) is 0 Å². The van der Waals surface area contributed by atoms with E-state index in [-0.39, 0.29) is 22.9 Å². The van der Waals surface area contributed by atoms with Crippen molar-refractivity contribution in [1.29, 1.82) is 5.41 Å². The molecule has 3 N–H and O–H groups in total. The van der Waals surface area contributed by atoms with E-state index in [1.54, 1.807) is 0 Å². The van der Waals surface area contributed by atoms with E-state index in [2.05, 4.69) is 0 Å². The van der Waals surface area contributed by atoms with Crippen LogP contribution in [0.3, 0.4) is 0 Å². The monoisotopic (exact) mass is 375 g/mol. The predicted octanol–water partition coefficient (Wildman–Crippen LogP) is -5.08. The summed E-state index contributed by atoms with van der Waals surface area (Å²) in [5.74, 6) is -7.53. The molecule has 0 aromatic carbocycles. The molecule has 0 aliphatic carbocycles. The van der Waals surface area contributed by atoms with Crippen LogP contribution >= 0.6 is 0 Å². The maximum Gasteiger partial charge on any atom is 3.00 e. The predicted molar refractivity (Wildman–Crippen MR) is 64.7 cm³/mol. The first-order valence-corrected chi connectivity index (χ1v) is 5.13. The van der Waals surface area contributed by atoms with Gasteiger partial charge in [-0.25, -0.2) is 0 Å². The molecule has 11 nitrogen and oxygen atoms in total. The second-order valence-corrected chi connectivity index (χ2v) is 3.21. The smallest absolute Gasteiger partial charge is 0.542 e. The fourth-order valence-electron chi connectivity index (χ4n) is 0. The fraction of sp³-hybridized carbons (Fsp3) is 0.364. The van der Waals surface area contributed by atoms with Crippen LogP contribution in [-0.2, 0) is 45.8 Å². The Hall–Kier alpha value is -2.59. The zero-order valence-corrected chi connectivity index (χ0v) is 13.7. The number of hydrogen-bond acceptors (Lipinski definition) is 10. The summed E-state index contributed by atoms with van der Waals surface area (Å²) in [4.78, 5) is 56.2. The average Bonchev–Trinajstić information content (AvgIpc) is 2.29. The minimum Gasteiger partial charge on any atom is -0.542 e. The van der Waals surface area contributed by atoms with E-state index in [4.69, 9.17) is 11.1 Å². The van der Waals surface area contributed by atoms with Gasteiger partial charge < -0.3 is 35.4 Å². The van der Waals surface area contributed by atoms with Crippen molar-refractivity contribution >= 4 is 41.1 Å². The second-order valence-electron chi connectivity index (χ2n) is 3.21. The van der Waals surface area contributed by atoms with Crippen LogP contribution in [-0.4, -0.2) is 41.1 Å². The standard InChI is InChI=1S/3C3H4O3.C2H6N2.Fe/c3*1-2(4)3(5)6;1-2(3)4;/h3*1H3,(H,5,6);1H3,(H3,3,4);/q;;;;+3/p-3. The summed E-state index contributed by atoms with van der Waals surface area (Å²) < 4.78 is 0. The number of ketones is 3. The van der Waals surface area contributed by atoms with Crippen LogP contribution < -0.4 is 21.1 Å². The Morgan fingerprint density at radius 2 is 0.696 bits per heavy atom. The molecule has 0 saturated carbocycles. The van der Waals surface area contributed by atoms with Crippen LogP contribution in [0, 0.1) is 5.41 Å². The van der Waals surface area contributed by atoms with Gasteiger partial charge in [-0.3, -0.25) is 19.8 Å². The van der Waals surface area contributed by atoms with Crippen LogP contribution in [0.1, 0.15) is 27.7 Å². The summed E-state index contributed by atoms with van der Waals surface area (Å²) in [6, 6.07) is 0. The minimum absolute atomic E-state index is 0. The van der Waals surface area contributed by atoms with Gasteiger partial charge in [0.25, 0.3) is 0 Å². The van der Waals surface area contributed by atoms with Crippen molar-refractivity contribution in [2.24, 2.45) is 5.73 Å². The molecule has 0 rings (SSSR count). The number of Topliss-reactive ketones (excluding diaryl/α,β-unsaturated/α-hetero) is 3. The van der Waals surface area contributed by atoms with Gasteiger partial charge in [0, 0.05) is 20.8 Å². The number of rotatable bonds is 3. The number of nitrogens with one attached hydrogen (secondary N) is 1. The Kier molecular flexibility index (Phi) is 27.3. The molecule has 131 valence electrons. The molecule has 0 spiro atoms. The van der Waals surface area contributed by atoms with Gasteiger partial charge in [-0.15, -0.1) is 0 Å². The molecule has 1 radical (unpaired) electrons. The Balaban J connectivity index is -0.0000000624. The van der Waals surface area contributed by atoms with Crippen molar-refractivity contribution in [3.05, 3.63) is 0 Å². The molecule has 0 aromatic rings. The number of nitrogens with two attached hydrogens (primary N) is 1. The molecule has 0 aliphatic rings. The van der Waals surface area contributed by atoms with Crippen LogP contribution in [0.25, 0.3) is 0 Å². The van der Waals surface area contributed by atoms with Crippen molar-refractivity contribution in [1.82, 2.24) is 0 Å². The number of carbonyl (C=O) groups is 6. The molecule has 0 heterocycles. The van der Waals surface area contributed by atoms with E-state index in [0.29, 0.717) is 0 Å². The molecule has 0 saturated heterocycles.